The van der Waals surface area contributed by atoms with Crippen LogP contribution in [0.3, 0.4) is 0 Å². The van der Waals surface area contributed by atoms with Gasteiger partial charge >= 0.3 is 6.18 Å². The highest BCUT2D eigenvalue weighted by atomic mass is 31.0. The average molecular weight is 462 g/mol. The number of aliphatic hydroxyl groups excluding tert-OH is 1. The lowest BCUT2D eigenvalue weighted by Gasteiger charge is -2.21. The molecule has 0 spiro atoms. The number of halogens is 4. The van der Waals surface area contributed by atoms with Crippen molar-refractivity contribution in [3.05, 3.63) is 54.1 Å². The van der Waals surface area contributed by atoms with E-state index < -0.39 is 29.9 Å². The number of rotatable bonds is 11. The van der Waals surface area contributed by atoms with Crippen molar-refractivity contribution in [2.45, 2.75) is 63.6 Å². The summed E-state index contributed by atoms with van der Waals surface area (Å²) in [7, 11) is 2.21. The van der Waals surface area contributed by atoms with Gasteiger partial charge in [0.15, 0.2) is 0 Å². The molecule has 174 valence electrons. The van der Waals surface area contributed by atoms with E-state index in [0.29, 0.717) is 6.42 Å². The number of alkyl halides is 4. The zero-order valence-corrected chi connectivity index (χ0v) is 18.8. The molecule has 0 bridgehead atoms. The Morgan fingerprint density at radius 3 is 2.74 bits per heavy atom. The number of hydrogen-bond acceptors (Lipinski definition) is 3. The molecular weight excluding hydrogens is 431 g/mol. The van der Waals surface area contributed by atoms with Crippen LogP contribution in [0.2, 0.25) is 0 Å². The number of allylic oxidation sites excluding steroid dienone is 3. The van der Waals surface area contributed by atoms with Gasteiger partial charge in [0.05, 0.1) is 11.7 Å². The molecule has 6 atom stereocenters. The second kappa shape index (κ2) is 12.6. The molecule has 0 heterocycles. The second-order valence-corrected chi connectivity index (χ2v) is 8.08. The Labute approximate surface area is 183 Å². The Balaban J connectivity index is 1.94. The van der Waals surface area contributed by atoms with Crippen LogP contribution in [0.25, 0.3) is 0 Å². The van der Waals surface area contributed by atoms with Gasteiger partial charge in [-0.25, -0.2) is 4.39 Å². The quantitative estimate of drug-likeness (QED) is 0.182. The molecule has 1 aliphatic rings. The first-order chi connectivity index (χ1) is 14.8. The Kier molecular flexibility index (Phi) is 10.5. The third-order valence-corrected chi connectivity index (χ3v) is 5.81. The van der Waals surface area contributed by atoms with Crippen LogP contribution < -0.4 is 4.74 Å². The van der Waals surface area contributed by atoms with Crippen molar-refractivity contribution in [1.29, 1.82) is 0 Å². The smallest absolute Gasteiger partial charge is 0.416 e. The van der Waals surface area contributed by atoms with Gasteiger partial charge in [-0.15, -0.1) is 0 Å². The van der Waals surface area contributed by atoms with Crippen molar-refractivity contribution in [2.75, 3.05) is 6.61 Å². The molecular formula is C23H31F4O3P. The highest BCUT2D eigenvalue weighted by molar-refractivity contribution is 7.09. The summed E-state index contributed by atoms with van der Waals surface area (Å²) >= 11 is 0. The summed E-state index contributed by atoms with van der Waals surface area (Å²) in [6, 6.07) is 4.47. The fourth-order valence-corrected chi connectivity index (χ4v) is 4.06. The number of hydrogen-bond donors (Lipinski definition) is 1. The van der Waals surface area contributed by atoms with E-state index in [1.165, 1.54) is 18.2 Å². The Hall–Kier alpha value is -1.43. The lowest BCUT2D eigenvalue weighted by Crippen LogP contribution is -2.21. The predicted molar refractivity (Wildman–Crippen MR) is 116 cm³/mol. The maximum Gasteiger partial charge on any atom is 0.416 e. The zero-order chi connectivity index (χ0) is 22.9. The van der Waals surface area contributed by atoms with Crippen LogP contribution in [0.4, 0.5) is 17.6 Å². The van der Waals surface area contributed by atoms with E-state index in [-0.39, 0.29) is 30.8 Å². The van der Waals surface area contributed by atoms with Gasteiger partial charge in [0.25, 0.3) is 0 Å². The Morgan fingerprint density at radius 2 is 2.06 bits per heavy atom. The minimum Gasteiger partial charge on any atom is -0.491 e. The summed E-state index contributed by atoms with van der Waals surface area (Å²) in [6.07, 6.45) is 4.56. The van der Waals surface area contributed by atoms with Crippen LogP contribution in [-0.4, -0.2) is 30.1 Å². The van der Waals surface area contributed by atoms with Crippen molar-refractivity contribution in [1.82, 2.24) is 0 Å². The molecule has 1 fully saturated rings. The topological polar surface area (TPSA) is 38.7 Å². The van der Waals surface area contributed by atoms with Crippen molar-refractivity contribution in [3.63, 3.8) is 0 Å². The second-order valence-electron chi connectivity index (χ2n) is 7.81. The minimum absolute atomic E-state index is 0.0121. The number of ether oxygens (including phenoxy) is 1. The van der Waals surface area contributed by atoms with Gasteiger partial charge in [-0.05, 0) is 37.0 Å². The first-order valence-corrected chi connectivity index (χ1v) is 11.0. The van der Waals surface area contributed by atoms with Crippen LogP contribution >= 0.6 is 9.47 Å². The third kappa shape index (κ3) is 8.21. The molecule has 1 aromatic rings. The van der Waals surface area contributed by atoms with Crippen LogP contribution in [0.15, 0.2) is 48.6 Å². The van der Waals surface area contributed by atoms with Gasteiger partial charge in [0.2, 0.25) is 0 Å². The third-order valence-electron chi connectivity index (χ3n) is 5.46. The molecule has 0 aromatic heterocycles. The lowest BCUT2D eigenvalue weighted by atomic mass is 9.90. The van der Waals surface area contributed by atoms with Crippen LogP contribution in [0, 0.1) is 11.8 Å². The van der Waals surface area contributed by atoms with E-state index in [2.05, 4.69) is 28.5 Å². The molecule has 1 saturated carbocycles. The Morgan fingerprint density at radius 1 is 1.29 bits per heavy atom. The molecule has 0 amide bonds. The van der Waals surface area contributed by atoms with Gasteiger partial charge in [0, 0.05) is 21.8 Å². The van der Waals surface area contributed by atoms with Gasteiger partial charge in [-0.2, -0.15) is 13.2 Å². The van der Waals surface area contributed by atoms with E-state index in [9.17, 15) is 22.7 Å². The van der Waals surface area contributed by atoms with Crippen LogP contribution in [0.5, 0.6) is 5.75 Å². The van der Waals surface area contributed by atoms with Gasteiger partial charge in [0.1, 0.15) is 24.6 Å². The van der Waals surface area contributed by atoms with Crippen molar-refractivity contribution < 1.29 is 31.9 Å². The highest BCUT2D eigenvalue weighted by Crippen LogP contribution is 2.40. The lowest BCUT2D eigenvalue weighted by molar-refractivity contribution is -0.137. The zero-order valence-electron chi connectivity index (χ0n) is 17.6. The molecule has 31 heavy (non-hydrogen) atoms. The van der Waals surface area contributed by atoms with Gasteiger partial charge in [-0.3, -0.25) is 0 Å². The van der Waals surface area contributed by atoms with E-state index in [4.69, 9.17) is 9.26 Å². The van der Waals surface area contributed by atoms with E-state index in [0.717, 1.165) is 31.4 Å². The first kappa shape index (κ1) is 25.8. The summed E-state index contributed by atoms with van der Waals surface area (Å²) in [6.45, 7) is 1.90. The van der Waals surface area contributed by atoms with Crippen molar-refractivity contribution in [2.24, 2.45) is 11.8 Å². The van der Waals surface area contributed by atoms with Gasteiger partial charge in [-0.1, -0.05) is 50.1 Å². The number of aliphatic hydroxyl groups is 1. The maximum absolute atomic E-state index is 14.6. The molecule has 0 saturated heterocycles. The van der Waals surface area contributed by atoms with Crippen molar-refractivity contribution >= 4 is 9.47 Å². The van der Waals surface area contributed by atoms with E-state index >= 15 is 0 Å². The summed E-state index contributed by atoms with van der Waals surface area (Å²) in [5.41, 5.74) is -0.820. The van der Waals surface area contributed by atoms with Gasteiger partial charge < -0.3 is 14.4 Å². The summed E-state index contributed by atoms with van der Waals surface area (Å²) in [5.74, 6) is -0.458. The van der Waals surface area contributed by atoms with Crippen LogP contribution in [-0.2, 0) is 10.7 Å². The molecule has 3 nitrogen and oxygen atoms in total. The monoisotopic (exact) mass is 462 g/mol. The average Bonchev–Trinajstić information content (AvgIpc) is 3.04. The van der Waals surface area contributed by atoms with Crippen molar-refractivity contribution in [3.8, 4) is 5.75 Å². The normalized spacial score (nSPS) is 25.5. The standard InChI is InChI=1S/C23H31F4O3P/c1-2-3-4-5-6-10-20-19(21(24)14-22(20)30-31)12-11-17(28)15-29-18-9-7-8-16(13-18)23(25,26)27/h5-9,11-13,17,19-22,28H,2-4,10,14-15,31H2,1H3/b6-5-,12-11+/t17?,19-,20-,21?,22?/m1/s1. The largest absolute Gasteiger partial charge is 0.491 e. The maximum atomic E-state index is 14.6. The predicted octanol–water partition coefficient (Wildman–Crippen LogP) is 6.29. The Bertz CT molecular complexity index is 723. The SMILES string of the molecule is CCCC/C=C\C[C@H]1C(OP)CC(F)[C@@H]1/C=C/C(O)COc1cccc(C(F)(F)F)c1. The van der Waals surface area contributed by atoms with Crippen LogP contribution in [0.1, 0.15) is 44.6 Å². The van der Waals surface area contributed by atoms with E-state index in [1.807, 2.05) is 0 Å². The van der Waals surface area contributed by atoms with E-state index in [1.54, 1.807) is 6.08 Å². The highest BCUT2D eigenvalue weighted by Gasteiger charge is 2.41. The molecule has 1 N–H and O–H groups in total. The summed E-state index contributed by atoms with van der Waals surface area (Å²) in [5, 5.41) is 10.2. The number of benzene rings is 1. The molecule has 1 aromatic carbocycles. The summed E-state index contributed by atoms with van der Waals surface area (Å²) in [4.78, 5) is 0. The number of unbranched alkanes of at least 4 members (excludes halogenated alkanes) is 2. The first-order valence-electron chi connectivity index (χ1n) is 10.6. The molecule has 2 rings (SSSR count). The summed E-state index contributed by atoms with van der Waals surface area (Å²) < 4.78 is 63.6. The molecule has 1 aliphatic carbocycles. The molecule has 4 unspecified atom stereocenters. The minimum atomic E-state index is -4.47. The molecule has 8 heteroatoms. The molecule has 0 aliphatic heterocycles. The fraction of sp³-hybridized carbons (Fsp3) is 0.565. The fourth-order valence-electron chi connectivity index (χ4n) is 3.75. The molecule has 0 radical (unpaired) electrons.